The van der Waals surface area contributed by atoms with Crippen LogP contribution in [0.25, 0.3) is 0 Å². The Kier molecular flexibility index (Phi) is 8.11. The molecule has 0 radical (unpaired) electrons. The number of amides is 1. The van der Waals surface area contributed by atoms with Crippen molar-refractivity contribution in [1.29, 1.82) is 0 Å². The Hall–Kier alpha value is -2.74. The minimum Gasteiger partial charge on any atom is -0.497 e. The third kappa shape index (κ3) is 6.13. The molecule has 2 rings (SSSR count). The highest BCUT2D eigenvalue weighted by Crippen LogP contribution is 2.32. The van der Waals surface area contributed by atoms with Crippen LogP contribution in [0.5, 0.6) is 11.5 Å². The van der Waals surface area contributed by atoms with Gasteiger partial charge in [-0.2, -0.15) is 0 Å². The Labute approximate surface area is 179 Å². The van der Waals surface area contributed by atoms with Gasteiger partial charge in [-0.05, 0) is 62.1 Å². The normalized spacial score (nSPS) is 12.2. The van der Waals surface area contributed by atoms with Gasteiger partial charge in [0.2, 0.25) is 15.9 Å². The molecule has 0 aliphatic carbocycles. The molecule has 164 valence electrons. The lowest BCUT2D eigenvalue weighted by atomic mass is 10.1. The van der Waals surface area contributed by atoms with Crippen molar-refractivity contribution < 1.29 is 22.7 Å². The molecule has 0 bridgehead atoms. The Morgan fingerprint density at radius 1 is 1.13 bits per heavy atom. The van der Waals surface area contributed by atoms with Crippen LogP contribution < -0.4 is 19.1 Å². The van der Waals surface area contributed by atoms with Crippen molar-refractivity contribution in [2.24, 2.45) is 0 Å². The molecule has 0 spiro atoms. The van der Waals surface area contributed by atoms with Crippen molar-refractivity contribution >= 4 is 21.6 Å². The first-order valence-electron chi connectivity index (χ1n) is 9.72. The first kappa shape index (κ1) is 23.5. The van der Waals surface area contributed by atoms with E-state index in [4.69, 9.17) is 9.47 Å². The van der Waals surface area contributed by atoms with Crippen LogP contribution in [0.1, 0.15) is 24.5 Å². The molecule has 0 fully saturated rings. The van der Waals surface area contributed by atoms with Gasteiger partial charge in [-0.1, -0.05) is 18.2 Å². The molecule has 2 aromatic carbocycles. The second-order valence-corrected chi connectivity index (χ2v) is 9.02. The SMILES string of the molecule is COc1cccc(CCCNC(=O)[C@@H](C)N(c2cc(C)ccc2OC)S(C)(=O)=O)c1. The number of methoxy groups -OCH3 is 2. The van der Waals surface area contributed by atoms with E-state index in [2.05, 4.69) is 5.32 Å². The van der Waals surface area contributed by atoms with Crippen LogP contribution >= 0.6 is 0 Å². The first-order valence-corrected chi connectivity index (χ1v) is 11.6. The van der Waals surface area contributed by atoms with Gasteiger partial charge in [-0.25, -0.2) is 8.42 Å². The number of hydrogen-bond acceptors (Lipinski definition) is 5. The number of carbonyl (C=O) groups is 1. The minimum atomic E-state index is -3.71. The van der Waals surface area contributed by atoms with Crippen molar-refractivity contribution in [2.45, 2.75) is 32.7 Å². The summed E-state index contributed by atoms with van der Waals surface area (Å²) in [6, 6.07) is 12.1. The van der Waals surface area contributed by atoms with Gasteiger partial charge >= 0.3 is 0 Å². The summed E-state index contributed by atoms with van der Waals surface area (Å²) in [6.45, 7) is 3.86. The molecule has 1 atom stereocenters. The number of nitrogens with one attached hydrogen (secondary N) is 1. The van der Waals surface area contributed by atoms with E-state index in [1.807, 2.05) is 37.3 Å². The summed E-state index contributed by atoms with van der Waals surface area (Å²) < 4.78 is 36.7. The molecule has 0 unspecified atom stereocenters. The van der Waals surface area contributed by atoms with Crippen LogP contribution in [0.4, 0.5) is 5.69 Å². The molecule has 0 heterocycles. The summed E-state index contributed by atoms with van der Waals surface area (Å²) >= 11 is 0. The Balaban J connectivity index is 2.07. The van der Waals surface area contributed by atoms with E-state index in [0.29, 0.717) is 18.0 Å². The average molecular weight is 435 g/mol. The number of benzene rings is 2. The molecule has 30 heavy (non-hydrogen) atoms. The predicted molar refractivity (Wildman–Crippen MR) is 119 cm³/mol. The monoisotopic (exact) mass is 434 g/mol. The smallest absolute Gasteiger partial charge is 0.243 e. The van der Waals surface area contributed by atoms with E-state index < -0.39 is 16.1 Å². The fraction of sp³-hybridized carbons (Fsp3) is 0.409. The van der Waals surface area contributed by atoms with Gasteiger partial charge in [0.1, 0.15) is 17.5 Å². The molecule has 0 aromatic heterocycles. The minimum absolute atomic E-state index is 0.346. The summed E-state index contributed by atoms with van der Waals surface area (Å²) in [5.74, 6) is 0.819. The van der Waals surface area contributed by atoms with Gasteiger partial charge in [0.25, 0.3) is 0 Å². The number of hydrogen-bond donors (Lipinski definition) is 1. The molecule has 0 saturated heterocycles. The van der Waals surface area contributed by atoms with Crippen LogP contribution in [0, 0.1) is 6.92 Å². The second kappa shape index (κ2) is 10.3. The first-order chi connectivity index (χ1) is 14.2. The van der Waals surface area contributed by atoms with Gasteiger partial charge < -0.3 is 14.8 Å². The van der Waals surface area contributed by atoms with Gasteiger partial charge in [-0.3, -0.25) is 9.10 Å². The average Bonchev–Trinajstić information content (AvgIpc) is 2.70. The lowest BCUT2D eigenvalue weighted by molar-refractivity contribution is -0.121. The molecule has 7 nitrogen and oxygen atoms in total. The molecule has 8 heteroatoms. The maximum Gasteiger partial charge on any atom is 0.243 e. The number of carbonyl (C=O) groups excluding carboxylic acids is 1. The van der Waals surface area contributed by atoms with Crippen LogP contribution in [-0.4, -0.2) is 47.4 Å². The third-order valence-electron chi connectivity index (χ3n) is 4.74. The summed E-state index contributed by atoms with van der Waals surface area (Å²) in [6.07, 6.45) is 2.58. The summed E-state index contributed by atoms with van der Waals surface area (Å²) in [5.41, 5.74) is 2.32. The molecule has 0 aliphatic rings. The Bertz CT molecular complexity index is 975. The highest BCUT2D eigenvalue weighted by molar-refractivity contribution is 7.92. The van der Waals surface area contributed by atoms with Crippen molar-refractivity contribution in [3.63, 3.8) is 0 Å². The second-order valence-electron chi connectivity index (χ2n) is 7.16. The number of ether oxygens (including phenoxy) is 2. The van der Waals surface area contributed by atoms with Crippen molar-refractivity contribution in [3.05, 3.63) is 53.6 Å². The molecule has 0 aliphatic heterocycles. The highest BCUT2D eigenvalue weighted by atomic mass is 32.2. The quantitative estimate of drug-likeness (QED) is 0.581. The van der Waals surface area contributed by atoms with E-state index in [-0.39, 0.29) is 5.91 Å². The fourth-order valence-electron chi connectivity index (χ4n) is 3.23. The summed E-state index contributed by atoms with van der Waals surface area (Å²) in [5, 5.41) is 2.84. The van der Waals surface area contributed by atoms with Gasteiger partial charge in [0, 0.05) is 6.54 Å². The van der Waals surface area contributed by atoms with Crippen molar-refractivity contribution in [1.82, 2.24) is 5.32 Å². The van der Waals surface area contributed by atoms with E-state index in [0.717, 1.165) is 40.3 Å². The zero-order valence-electron chi connectivity index (χ0n) is 18.1. The van der Waals surface area contributed by atoms with E-state index >= 15 is 0 Å². The summed E-state index contributed by atoms with van der Waals surface area (Å²) in [7, 11) is -0.622. The Morgan fingerprint density at radius 2 is 1.87 bits per heavy atom. The largest absolute Gasteiger partial charge is 0.497 e. The van der Waals surface area contributed by atoms with E-state index in [9.17, 15) is 13.2 Å². The number of nitrogens with zero attached hydrogens (tertiary/aromatic N) is 1. The zero-order valence-corrected chi connectivity index (χ0v) is 19.0. The van der Waals surface area contributed by atoms with Gasteiger partial charge in [-0.15, -0.1) is 0 Å². The highest BCUT2D eigenvalue weighted by Gasteiger charge is 2.31. The number of anilines is 1. The predicted octanol–water partition coefficient (Wildman–Crippen LogP) is 2.92. The van der Waals surface area contributed by atoms with Crippen LogP contribution in [0.2, 0.25) is 0 Å². The van der Waals surface area contributed by atoms with E-state index in [1.165, 1.54) is 7.11 Å². The molecular formula is C22H30N2O5S. The molecular weight excluding hydrogens is 404 g/mol. The number of rotatable bonds is 10. The fourth-order valence-corrected chi connectivity index (χ4v) is 4.40. The van der Waals surface area contributed by atoms with Gasteiger partial charge in [0.15, 0.2) is 0 Å². The zero-order chi connectivity index (χ0) is 22.3. The van der Waals surface area contributed by atoms with Crippen LogP contribution in [0.15, 0.2) is 42.5 Å². The third-order valence-corrected chi connectivity index (χ3v) is 5.96. The van der Waals surface area contributed by atoms with E-state index in [1.54, 1.807) is 26.2 Å². The van der Waals surface area contributed by atoms with Crippen LogP contribution in [-0.2, 0) is 21.2 Å². The maximum absolute atomic E-state index is 12.7. The van der Waals surface area contributed by atoms with Crippen molar-refractivity contribution in [2.75, 3.05) is 31.3 Å². The summed E-state index contributed by atoms with van der Waals surface area (Å²) in [4.78, 5) is 12.7. The topological polar surface area (TPSA) is 84.9 Å². The maximum atomic E-state index is 12.7. The standard InChI is InChI=1S/C22H30N2O5S/c1-16-11-12-21(29-4)20(14-16)24(30(5,26)27)17(2)22(25)23-13-7-9-18-8-6-10-19(15-18)28-3/h6,8,10-12,14-15,17H,7,9,13H2,1-5H3,(H,23,25)/t17-/m1/s1. The lowest BCUT2D eigenvalue weighted by Crippen LogP contribution is -2.48. The molecule has 0 saturated carbocycles. The molecule has 1 N–H and O–H groups in total. The Morgan fingerprint density at radius 3 is 2.50 bits per heavy atom. The number of sulfonamides is 1. The molecule has 1 amide bonds. The lowest BCUT2D eigenvalue weighted by Gasteiger charge is -2.29. The molecule has 2 aromatic rings. The van der Waals surface area contributed by atoms with Gasteiger partial charge in [0.05, 0.1) is 26.2 Å². The van der Waals surface area contributed by atoms with Crippen molar-refractivity contribution in [3.8, 4) is 11.5 Å². The number of aryl methyl sites for hydroxylation is 2. The van der Waals surface area contributed by atoms with Crippen LogP contribution in [0.3, 0.4) is 0 Å².